The van der Waals surface area contributed by atoms with Crippen LogP contribution in [0.4, 0.5) is 4.79 Å². The Labute approximate surface area is 120 Å². The van der Waals surface area contributed by atoms with Gasteiger partial charge in [0.05, 0.1) is 17.6 Å². The number of alkyl halides is 1. The monoisotopic (exact) mass is 301 g/mol. The van der Waals surface area contributed by atoms with Crippen molar-refractivity contribution in [3.8, 4) is 0 Å². The summed E-state index contributed by atoms with van der Waals surface area (Å²) >= 11 is 11.7. The van der Waals surface area contributed by atoms with Crippen LogP contribution >= 0.6 is 23.2 Å². The van der Waals surface area contributed by atoms with E-state index in [1.165, 1.54) is 0 Å². The molecule has 1 heterocycles. The lowest BCUT2D eigenvalue weighted by Crippen LogP contribution is -2.17. The van der Waals surface area contributed by atoms with E-state index in [1.807, 2.05) is 10.6 Å². The lowest BCUT2D eigenvalue weighted by Gasteiger charge is -2.08. The van der Waals surface area contributed by atoms with Crippen molar-refractivity contribution in [1.29, 1.82) is 0 Å². The molecule has 0 bridgehead atoms. The molecule has 0 atom stereocenters. The van der Waals surface area contributed by atoms with Gasteiger partial charge >= 0.3 is 6.09 Å². The first-order valence-corrected chi connectivity index (χ1v) is 6.66. The maximum atomic E-state index is 10.6. The van der Waals surface area contributed by atoms with Crippen LogP contribution in [0.3, 0.4) is 0 Å². The Morgan fingerprint density at radius 3 is 2.95 bits per heavy atom. The smallest absolute Gasteiger partial charge is 0.404 e. The molecule has 7 heteroatoms. The first-order chi connectivity index (χ1) is 9.11. The van der Waals surface area contributed by atoms with Gasteiger partial charge in [0, 0.05) is 17.3 Å². The lowest BCUT2D eigenvalue weighted by atomic mass is 10.3. The molecular weight excluding hydrogens is 289 g/mol. The number of hydrogen-bond acceptors (Lipinski definition) is 3. The second-order valence-electron chi connectivity index (χ2n) is 3.92. The van der Waals surface area contributed by atoms with E-state index < -0.39 is 6.09 Å². The molecule has 0 aliphatic carbocycles. The van der Waals surface area contributed by atoms with Crippen LogP contribution < -0.4 is 5.73 Å². The summed E-state index contributed by atoms with van der Waals surface area (Å²) in [5.41, 5.74) is 6.66. The largest absolute Gasteiger partial charge is 0.448 e. The van der Waals surface area contributed by atoms with Gasteiger partial charge in [-0.1, -0.05) is 11.6 Å². The zero-order valence-electron chi connectivity index (χ0n) is 10.1. The molecule has 19 heavy (non-hydrogen) atoms. The van der Waals surface area contributed by atoms with Crippen LogP contribution in [0.2, 0.25) is 5.02 Å². The van der Waals surface area contributed by atoms with Crippen molar-refractivity contribution in [2.75, 3.05) is 12.5 Å². The molecule has 102 valence electrons. The van der Waals surface area contributed by atoms with Gasteiger partial charge in [-0.2, -0.15) is 0 Å². The quantitative estimate of drug-likeness (QED) is 0.863. The molecule has 0 unspecified atom stereocenters. The molecule has 0 spiro atoms. The molecule has 0 aliphatic rings. The lowest BCUT2D eigenvalue weighted by molar-refractivity contribution is 0.152. The molecule has 1 aromatic heterocycles. The fraction of sp³-hybridized carbons (Fsp3) is 0.333. The summed E-state index contributed by atoms with van der Waals surface area (Å²) in [5.74, 6) is 1.30. The Kier molecular flexibility index (Phi) is 4.50. The molecule has 0 radical (unpaired) electrons. The van der Waals surface area contributed by atoms with Crippen molar-refractivity contribution in [3.05, 3.63) is 29.0 Å². The number of amides is 1. The molecule has 2 N–H and O–H groups in total. The van der Waals surface area contributed by atoms with Crippen LogP contribution in [0.1, 0.15) is 5.82 Å². The minimum absolute atomic E-state index is 0.193. The topological polar surface area (TPSA) is 70.1 Å². The van der Waals surface area contributed by atoms with E-state index in [0.29, 0.717) is 23.9 Å². The minimum atomic E-state index is -0.786. The van der Waals surface area contributed by atoms with Crippen molar-refractivity contribution >= 4 is 40.3 Å². The minimum Gasteiger partial charge on any atom is -0.448 e. The number of fused-ring (bicyclic) bond motifs is 1. The number of nitrogens with zero attached hydrogens (tertiary/aromatic N) is 2. The number of carbonyl (C=O) groups is 1. The number of nitrogens with two attached hydrogens (primary N) is 1. The number of rotatable bonds is 5. The summed E-state index contributed by atoms with van der Waals surface area (Å²) in [7, 11) is 0. The Hall–Kier alpha value is -1.46. The summed E-state index contributed by atoms with van der Waals surface area (Å²) in [4.78, 5) is 15.1. The van der Waals surface area contributed by atoms with Crippen LogP contribution in [0.5, 0.6) is 0 Å². The van der Waals surface area contributed by atoms with Crippen LogP contribution in [-0.2, 0) is 17.7 Å². The average Bonchev–Trinajstić information content (AvgIpc) is 2.66. The van der Waals surface area contributed by atoms with Crippen LogP contribution in [0.15, 0.2) is 18.2 Å². The number of aromatic nitrogens is 2. The van der Waals surface area contributed by atoms with Crippen molar-refractivity contribution in [3.63, 3.8) is 0 Å². The average molecular weight is 302 g/mol. The molecule has 2 rings (SSSR count). The normalized spacial score (nSPS) is 10.8. The number of aryl methyl sites for hydroxylation is 1. The molecule has 0 aliphatic heterocycles. The van der Waals surface area contributed by atoms with Gasteiger partial charge in [-0.25, -0.2) is 9.78 Å². The SMILES string of the molecule is NC(=O)OCCn1c(CCCl)nc2cc(Cl)ccc21. The number of imidazole rings is 1. The van der Waals surface area contributed by atoms with Gasteiger partial charge in [-0.15, -0.1) is 11.6 Å². The fourth-order valence-corrected chi connectivity index (χ4v) is 2.25. The second-order valence-corrected chi connectivity index (χ2v) is 4.73. The Morgan fingerprint density at radius 1 is 1.47 bits per heavy atom. The van der Waals surface area contributed by atoms with Crippen molar-refractivity contribution in [1.82, 2.24) is 9.55 Å². The summed E-state index contributed by atoms with van der Waals surface area (Å²) < 4.78 is 6.71. The summed E-state index contributed by atoms with van der Waals surface area (Å²) in [5, 5.41) is 0.628. The molecule has 1 amide bonds. The standard InChI is InChI=1S/C12H13Cl2N3O2/c13-4-3-11-16-9-7-8(14)1-2-10(9)17(11)5-6-19-12(15)18/h1-2,7H,3-6H2,(H2,15,18). The van der Waals surface area contributed by atoms with Gasteiger partial charge in [0.15, 0.2) is 0 Å². The molecule has 0 fully saturated rings. The fourth-order valence-electron chi connectivity index (χ4n) is 1.92. The van der Waals surface area contributed by atoms with E-state index in [9.17, 15) is 4.79 Å². The third kappa shape index (κ3) is 3.30. The van der Waals surface area contributed by atoms with Gasteiger partial charge < -0.3 is 15.0 Å². The summed E-state index contributed by atoms with van der Waals surface area (Å²) in [6, 6.07) is 5.47. The Bertz CT molecular complexity index is 598. The predicted molar refractivity (Wildman–Crippen MR) is 74.7 cm³/mol. The van der Waals surface area contributed by atoms with Crippen LogP contribution in [0, 0.1) is 0 Å². The summed E-state index contributed by atoms with van der Waals surface area (Å²) in [6.45, 7) is 0.673. The summed E-state index contributed by atoms with van der Waals surface area (Å²) in [6.07, 6.45) is -0.156. The van der Waals surface area contributed by atoms with E-state index in [4.69, 9.17) is 33.7 Å². The highest BCUT2D eigenvalue weighted by atomic mass is 35.5. The van der Waals surface area contributed by atoms with Crippen molar-refractivity contribution in [2.24, 2.45) is 5.73 Å². The number of ether oxygens (including phenoxy) is 1. The third-order valence-corrected chi connectivity index (χ3v) is 3.09. The Morgan fingerprint density at radius 2 is 2.26 bits per heavy atom. The number of benzene rings is 1. The van der Waals surface area contributed by atoms with Crippen LogP contribution in [0.25, 0.3) is 11.0 Å². The van der Waals surface area contributed by atoms with Gasteiger partial charge in [-0.3, -0.25) is 0 Å². The molecule has 1 aromatic carbocycles. The molecular formula is C12H13Cl2N3O2. The van der Waals surface area contributed by atoms with E-state index in [0.717, 1.165) is 16.9 Å². The first-order valence-electron chi connectivity index (χ1n) is 5.74. The van der Waals surface area contributed by atoms with Gasteiger partial charge in [0.1, 0.15) is 12.4 Å². The molecule has 5 nitrogen and oxygen atoms in total. The van der Waals surface area contributed by atoms with E-state index in [2.05, 4.69) is 4.98 Å². The second kappa shape index (κ2) is 6.12. The number of carbonyl (C=O) groups excluding carboxylic acids is 1. The number of hydrogen-bond donors (Lipinski definition) is 1. The number of halogens is 2. The van der Waals surface area contributed by atoms with E-state index in [1.54, 1.807) is 12.1 Å². The van der Waals surface area contributed by atoms with Gasteiger partial charge in [-0.05, 0) is 18.2 Å². The zero-order valence-corrected chi connectivity index (χ0v) is 11.6. The van der Waals surface area contributed by atoms with Crippen molar-refractivity contribution < 1.29 is 9.53 Å². The van der Waals surface area contributed by atoms with Gasteiger partial charge in [0.2, 0.25) is 0 Å². The Balaban J connectivity index is 2.31. The highest BCUT2D eigenvalue weighted by molar-refractivity contribution is 6.31. The highest BCUT2D eigenvalue weighted by Gasteiger charge is 2.11. The van der Waals surface area contributed by atoms with Crippen molar-refractivity contribution in [2.45, 2.75) is 13.0 Å². The van der Waals surface area contributed by atoms with Gasteiger partial charge in [0.25, 0.3) is 0 Å². The highest BCUT2D eigenvalue weighted by Crippen LogP contribution is 2.21. The van der Waals surface area contributed by atoms with E-state index >= 15 is 0 Å². The third-order valence-electron chi connectivity index (χ3n) is 2.67. The van der Waals surface area contributed by atoms with E-state index in [-0.39, 0.29) is 6.61 Å². The molecule has 0 saturated heterocycles. The number of primary amides is 1. The van der Waals surface area contributed by atoms with Crippen LogP contribution in [-0.4, -0.2) is 28.1 Å². The first kappa shape index (κ1) is 14.0. The molecule has 2 aromatic rings. The zero-order chi connectivity index (χ0) is 13.8. The molecule has 0 saturated carbocycles. The predicted octanol–water partition coefficient (Wildman–Crippen LogP) is 2.57. The maximum absolute atomic E-state index is 10.6. The maximum Gasteiger partial charge on any atom is 0.404 e.